The second-order valence-corrected chi connectivity index (χ2v) is 4.56. The monoisotopic (exact) mass is 262 g/mol. The first-order chi connectivity index (χ1) is 8.25. The van der Waals surface area contributed by atoms with Gasteiger partial charge in [0.2, 0.25) is 5.28 Å². The Morgan fingerprint density at radius 1 is 1.12 bits per heavy atom. The predicted octanol–water partition coefficient (Wildman–Crippen LogP) is 3.77. The van der Waals surface area contributed by atoms with Crippen LogP contribution in [-0.2, 0) is 6.42 Å². The van der Waals surface area contributed by atoms with Crippen LogP contribution in [0.4, 0.5) is 0 Å². The van der Waals surface area contributed by atoms with E-state index < -0.39 is 0 Å². The molecule has 1 aliphatic carbocycles. The highest BCUT2D eigenvalue weighted by Gasteiger charge is 2.18. The van der Waals surface area contributed by atoms with Gasteiger partial charge in [0, 0.05) is 5.57 Å². The fraction of sp³-hybridized carbons (Fsp3) is 0.0769. The summed E-state index contributed by atoms with van der Waals surface area (Å²) in [7, 11) is 0. The van der Waals surface area contributed by atoms with Crippen LogP contribution in [0.25, 0.3) is 5.57 Å². The summed E-state index contributed by atoms with van der Waals surface area (Å²) in [5, 5.41) is 0.743. The molecule has 4 heteroatoms. The summed E-state index contributed by atoms with van der Waals surface area (Å²) in [5.74, 6) is 0. The van der Waals surface area contributed by atoms with E-state index in [1.165, 1.54) is 17.3 Å². The number of fused-ring (bicyclic) bond motifs is 1. The van der Waals surface area contributed by atoms with Gasteiger partial charge < -0.3 is 0 Å². The summed E-state index contributed by atoms with van der Waals surface area (Å²) in [4.78, 5) is 8.07. The van der Waals surface area contributed by atoms with Gasteiger partial charge >= 0.3 is 0 Å². The SMILES string of the molecule is Clc1ncc(Cl)c(C2=CCc3ccccc32)n1. The van der Waals surface area contributed by atoms with E-state index in [9.17, 15) is 0 Å². The van der Waals surface area contributed by atoms with Gasteiger partial charge in [0.15, 0.2) is 0 Å². The normalized spacial score (nSPS) is 13.4. The van der Waals surface area contributed by atoms with Crippen molar-refractivity contribution in [1.29, 1.82) is 0 Å². The molecule has 1 aromatic heterocycles. The van der Waals surface area contributed by atoms with Crippen molar-refractivity contribution in [2.24, 2.45) is 0 Å². The molecule has 0 N–H and O–H groups in total. The van der Waals surface area contributed by atoms with Crippen LogP contribution >= 0.6 is 23.2 Å². The van der Waals surface area contributed by atoms with E-state index in [0.29, 0.717) is 10.7 Å². The zero-order valence-electron chi connectivity index (χ0n) is 8.82. The smallest absolute Gasteiger partial charge is 0.222 e. The number of rotatable bonds is 1. The average Bonchev–Trinajstić information content (AvgIpc) is 2.76. The molecule has 0 fully saturated rings. The molecule has 1 heterocycles. The standard InChI is InChI=1S/C13H8Cl2N2/c14-11-7-16-13(15)17-12(11)10-6-5-8-3-1-2-4-9(8)10/h1-4,6-7H,5H2. The lowest BCUT2D eigenvalue weighted by atomic mass is 10.0. The lowest BCUT2D eigenvalue weighted by Gasteiger charge is -2.06. The largest absolute Gasteiger partial charge is 0.225 e. The molecule has 2 aromatic rings. The van der Waals surface area contributed by atoms with Gasteiger partial charge in [0.1, 0.15) is 0 Å². The molecule has 0 atom stereocenters. The van der Waals surface area contributed by atoms with E-state index in [4.69, 9.17) is 23.2 Å². The van der Waals surface area contributed by atoms with Gasteiger partial charge in [-0.05, 0) is 29.1 Å². The number of hydrogen-bond donors (Lipinski definition) is 0. The van der Waals surface area contributed by atoms with Crippen LogP contribution in [0.2, 0.25) is 10.3 Å². The van der Waals surface area contributed by atoms with Crippen molar-refractivity contribution in [3.05, 3.63) is 63.7 Å². The molecule has 0 amide bonds. The number of hydrogen-bond acceptors (Lipinski definition) is 2. The fourth-order valence-corrected chi connectivity index (χ4v) is 2.37. The number of nitrogens with zero attached hydrogens (tertiary/aromatic N) is 2. The van der Waals surface area contributed by atoms with Gasteiger partial charge in [-0.25, -0.2) is 9.97 Å². The van der Waals surface area contributed by atoms with Crippen molar-refractivity contribution < 1.29 is 0 Å². The molecule has 1 aromatic carbocycles. The van der Waals surface area contributed by atoms with E-state index in [-0.39, 0.29) is 5.28 Å². The van der Waals surface area contributed by atoms with Gasteiger partial charge in [0.25, 0.3) is 0 Å². The number of allylic oxidation sites excluding steroid dienone is 1. The van der Waals surface area contributed by atoms with Crippen LogP contribution in [0.15, 0.2) is 36.5 Å². The van der Waals surface area contributed by atoms with Crippen molar-refractivity contribution >= 4 is 28.8 Å². The maximum absolute atomic E-state index is 6.12. The second kappa shape index (κ2) is 4.13. The molecule has 2 nitrogen and oxygen atoms in total. The molecule has 0 unspecified atom stereocenters. The number of benzene rings is 1. The van der Waals surface area contributed by atoms with Crippen molar-refractivity contribution in [3.63, 3.8) is 0 Å². The first-order valence-electron chi connectivity index (χ1n) is 5.22. The Hall–Kier alpha value is -1.38. The first-order valence-corrected chi connectivity index (χ1v) is 5.98. The molecule has 0 radical (unpaired) electrons. The molecular formula is C13H8Cl2N2. The minimum Gasteiger partial charge on any atom is -0.225 e. The van der Waals surface area contributed by atoms with E-state index in [1.807, 2.05) is 12.1 Å². The average molecular weight is 263 g/mol. The van der Waals surface area contributed by atoms with Crippen molar-refractivity contribution in [2.75, 3.05) is 0 Å². The highest BCUT2D eigenvalue weighted by Crippen LogP contribution is 2.34. The van der Waals surface area contributed by atoms with Crippen molar-refractivity contribution in [3.8, 4) is 0 Å². The molecule has 0 aliphatic heterocycles. The van der Waals surface area contributed by atoms with Crippen LogP contribution in [0.5, 0.6) is 0 Å². The summed E-state index contributed by atoms with van der Waals surface area (Å²) < 4.78 is 0. The topological polar surface area (TPSA) is 25.8 Å². The summed E-state index contributed by atoms with van der Waals surface area (Å²) in [6.07, 6.45) is 4.56. The molecule has 0 spiro atoms. The Labute approximate surface area is 109 Å². The van der Waals surface area contributed by atoms with Gasteiger partial charge in [-0.2, -0.15) is 0 Å². The van der Waals surface area contributed by atoms with Crippen LogP contribution in [-0.4, -0.2) is 9.97 Å². The minimum absolute atomic E-state index is 0.217. The van der Waals surface area contributed by atoms with Crippen molar-refractivity contribution in [2.45, 2.75) is 6.42 Å². The Kier molecular flexibility index (Phi) is 2.61. The summed E-state index contributed by atoms with van der Waals surface area (Å²) in [6.45, 7) is 0. The highest BCUT2D eigenvalue weighted by atomic mass is 35.5. The number of halogens is 2. The Balaban J connectivity index is 2.16. The van der Waals surface area contributed by atoms with Crippen molar-refractivity contribution in [1.82, 2.24) is 9.97 Å². The third-order valence-electron chi connectivity index (χ3n) is 2.80. The van der Waals surface area contributed by atoms with E-state index >= 15 is 0 Å². The van der Waals surface area contributed by atoms with Gasteiger partial charge in [-0.15, -0.1) is 0 Å². The maximum Gasteiger partial charge on any atom is 0.222 e. The Morgan fingerprint density at radius 2 is 1.94 bits per heavy atom. The second-order valence-electron chi connectivity index (χ2n) is 3.81. The molecule has 1 aliphatic rings. The third kappa shape index (κ3) is 1.84. The van der Waals surface area contributed by atoms with Gasteiger partial charge in [0.05, 0.1) is 16.9 Å². The lowest BCUT2D eigenvalue weighted by Crippen LogP contribution is -1.94. The zero-order chi connectivity index (χ0) is 11.8. The molecule has 0 bridgehead atoms. The van der Waals surface area contributed by atoms with E-state index in [0.717, 1.165) is 12.0 Å². The fourth-order valence-electron chi connectivity index (χ4n) is 2.04. The summed E-state index contributed by atoms with van der Waals surface area (Å²) >= 11 is 11.9. The predicted molar refractivity (Wildman–Crippen MR) is 69.3 cm³/mol. The highest BCUT2D eigenvalue weighted by molar-refractivity contribution is 6.33. The quantitative estimate of drug-likeness (QED) is 0.732. The molecule has 0 saturated carbocycles. The minimum atomic E-state index is 0.217. The third-order valence-corrected chi connectivity index (χ3v) is 3.26. The van der Waals surface area contributed by atoms with E-state index in [1.54, 1.807) is 0 Å². The number of aromatic nitrogens is 2. The Morgan fingerprint density at radius 3 is 2.82 bits per heavy atom. The zero-order valence-corrected chi connectivity index (χ0v) is 10.3. The van der Waals surface area contributed by atoms with Gasteiger partial charge in [-0.3, -0.25) is 0 Å². The van der Waals surface area contributed by atoms with Crippen LogP contribution in [0.1, 0.15) is 16.8 Å². The summed E-state index contributed by atoms with van der Waals surface area (Å²) in [5.41, 5.74) is 4.20. The Bertz CT molecular complexity index is 621. The van der Waals surface area contributed by atoms with Crippen LogP contribution in [0, 0.1) is 0 Å². The van der Waals surface area contributed by atoms with Gasteiger partial charge in [-0.1, -0.05) is 41.9 Å². The first kappa shape index (κ1) is 10.8. The van der Waals surface area contributed by atoms with E-state index in [2.05, 4.69) is 28.2 Å². The maximum atomic E-state index is 6.12. The van der Waals surface area contributed by atoms with Crippen LogP contribution < -0.4 is 0 Å². The molecule has 84 valence electrons. The molecule has 17 heavy (non-hydrogen) atoms. The van der Waals surface area contributed by atoms with Crippen LogP contribution in [0.3, 0.4) is 0 Å². The molecule has 0 saturated heterocycles. The lowest BCUT2D eigenvalue weighted by molar-refractivity contribution is 1.14. The molecule has 3 rings (SSSR count). The summed E-state index contributed by atoms with van der Waals surface area (Å²) in [6, 6.07) is 8.22. The molecular weight excluding hydrogens is 255 g/mol.